The van der Waals surface area contributed by atoms with Crippen molar-refractivity contribution in [2.75, 3.05) is 0 Å². The molecule has 26 heavy (non-hydrogen) atoms. The molecule has 0 amide bonds. The molecule has 3 aromatic rings. The van der Waals surface area contributed by atoms with Crippen molar-refractivity contribution in [3.8, 4) is 0 Å². The van der Waals surface area contributed by atoms with Crippen LogP contribution in [-0.4, -0.2) is 5.71 Å². The topological polar surface area (TPSA) is 12.4 Å². The van der Waals surface area contributed by atoms with Crippen molar-refractivity contribution in [1.82, 2.24) is 0 Å². The van der Waals surface area contributed by atoms with Gasteiger partial charge in [0.25, 0.3) is 0 Å². The first-order valence-electron chi connectivity index (χ1n) is 9.91. The van der Waals surface area contributed by atoms with E-state index in [1.165, 1.54) is 70.7 Å². The van der Waals surface area contributed by atoms with E-state index in [1.54, 1.807) is 0 Å². The third-order valence-electron chi connectivity index (χ3n) is 6.07. The lowest BCUT2D eigenvalue weighted by Gasteiger charge is -2.13. The van der Waals surface area contributed by atoms with Gasteiger partial charge in [0, 0.05) is 16.5 Å². The molecule has 0 spiro atoms. The van der Waals surface area contributed by atoms with Crippen LogP contribution in [0.3, 0.4) is 0 Å². The summed E-state index contributed by atoms with van der Waals surface area (Å²) in [5.41, 5.74) is 8.92. The molecule has 1 fully saturated rings. The van der Waals surface area contributed by atoms with Gasteiger partial charge in [-0.15, -0.1) is 0 Å². The molecular weight excluding hydrogens is 314 g/mol. The molecule has 0 saturated heterocycles. The minimum absolute atomic E-state index is 0.869. The van der Waals surface area contributed by atoms with Gasteiger partial charge in [0.15, 0.2) is 0 Å². The molecule has 0 unspecified atom stereocenters. The van der Waals surface area contributed by atoms with Gasteiger partial charge in [-0.2, -0.15) is 0 Å². The number of rotatable bonds is 3. The van der Waals surface area contributed by atoms with E-state index in [0.717, 1.165) is 17.3 Å². The second-order valence-electron chi connectivity index (χ2n) is 8.16. The normalized spacial score (nSPS) is 16.5. The van der Waals surface area contributed by atoms with Crippen molar-refractivity contribution in [2.45, 2.75) is 46.0 Å². The molecule has 1 heterocycles. The summed E-state index contributed by atoms with van der Waals surface area (Å²) in [5, 5.41) is 2.77. The fourth-order valence-corrected chi connectivity index (χ4v) is 4.95. The summed E-state index contributed by atoms with van der Waals surface area (Å²) in [4.78, 5) is 5.04. The van der Waals surface area contributed by atoms with Crippen LogP contribution in [0.1, 0.15) is 53.5 Å². The van der Waals surface area contributed by atoms with E-state index < -0.39 is 0 Å². The van der Waals surface area contributed by atoms with Gasteiger partial charge >= 0.3 is 0 Å². The zero-order valence-electron chi connectivity index (χ0n) is 15.7. The Bertz CT molecular complexity index is 1020. The number of hydrogen-bond acceptors (Lipinski definition) is 1. The SMILES string of the molecule is Cc1cc(C)cc(C2=Nc3cccc4c(CC5CCCC5)ccc2c34)c1. The Kier molecular flexibility index (Phi) is 3.70. The lowest BCUT2D eigenvalue weighted by atomic mass is 9.90. The molecule has 0 aromatic heterocycles. The molecule has 1 nitrogen and oxygen atoms in total. The average Bonchev–Trinajstić information content (AvgIpc) is 3.25. The number of hydrogen-bond donors (Lipinski definition) is 0. The first-order chi connectivity index (χ1) is 12.7. The molecule has 0 radical (unpaired) electrons. The fraction of sp³-hybridized carbons (Fsp3) is 0.320. The lowest BCUT2D eigenvalue weighted by Crippen LogP contribution is -2.03. The van der Waals surface area contributed by atoms with Gasteiger partial charge in [-0.25, -0.2) is 4.99 Å². The monoisotopic (exact) mass is 339 g/mol. The van der Waals surface area contributed by atoms with E-state index in [9.17, 15) is 0 Å². The Morgan fingerprint density at radius 3 is 2.46 bits per heavy atom. The van der Waals surface area contributed by atoms with E-state index >= 15 is 0 Å². The number of nitrogens with zero attached hydrogens (tertiary/aromatic N) is 1. The van der Waals surface area contributed by atoms with Crippen molar-refractivity contribution < 1.29 is 0 Å². The van der Waals surface area contributed by atoms with Crippen molar-refractivity contribution in [3.05, 3.63) is 76.3 Å². The quantitative estimate of drug-likeness (QED) is 0.395. The van der Waals surface area contributed by atoms with Gasteiger partial charge < -0.3 is 0 Å². The van der Waals surface area contributed by atoms with Gasteiger partial charge in [-0.05, 0) is 55.3 Å². The maximum absolute atomic E-state index is 5.04. The molecule has 5 rings (SSSR count). The van der Waals surface area contributed by atoms with Gasteiger partial charge in [0.2, 0.25) is 0 Å². The van der Waals surface area contributed by atoms with Gasteiger partial charge in [0.1, 0.15) is 0 Å². The molecule has 0 N–H and O–H groups in total. The summed E-state index contributed by atoms with van der Waals surface area (Å²) >= 11 is 0. The average molecular weight is 339 g/mol. The second kappa shape index (κ2) is 6.09. The summed E-state index contributed by atoms with van der Waals surface area (Å²) < 4.78 is 0. The highest BCUT2D eigenvalue weighted by Gasteiger charge is 2.23. The fourth-order valence-electron chi connectivity index (χ4n) is 4.95. The third-order valence-corrected chi connectivity index (χ3v) is 6.07. The van der Waals surface area contributed by atoms with Crippen LogP contribution < -0.4 is 0 Å². The minimum atomic E-state index is 0.869. The highest BCUT2D eigenvalue weighted by atomic mass is 14.8. The maximum atomic E-state index is 5.04. The standard InChI is InChI=1S/C25H25N/c1-16-12-17(2)14-20(13-16)25-22-11-10-19(15-18-6-3-4-7-18)21-8-5-9-23(26-25)24(21)22/h5,8-14,18H,3-4,6-7,15H2,1-2H3. The first kappa shape index (κ1) is 15.8. The predicted molar refractivity (Wildman–Crippen MR) is 111 cm³/mol. The van der Waals surface area contributed by atoms with Crippen LogP contribution >= 0.6 is 0 Å². The minimum Gasteiger partial charge on any atom is -0.247 e. The molecule has 1 heteroatoms. The molecule has 0 bridgehead atoms. The van der Waals surface area contributed by atoms with E-state index in [0.29, 0.717) is 0 Å². The number of aliphatic imine (C=N–C) groups is 1. The Morgan fingerprint density at radius 2 is 1.69 bits per heavy atom. The van der Waals surface area contributed by atoms with Crippen LogP contribution in [0, 0.1) is 19.8 Å². The van der Waals surface area contributed by atoms with Crippen LogP contribution in [0.5, 0.6) is 0 Å². The second-order valence-corrected chi connectivity index (χ2v) is 8.16. The maximum Gasteiger partial charge on any atom is 0.0789 e. The molecule has 1 aliphatic heterocycles. The lowest BCUT2D eigenvalue weighted by molar-refractivity contribution is 0.548. The number of aryl methyl sites for hydroxylation is 2. The van der Waals surface area contributed by atoms with Crippen LogP contribution in [0.15, 0.2) is 53.5 Å². The highest BCUT2D eigenvalue weighted by molar-refractivity contribution is 6.26. The summed E-state index contributed by atoms with van der Waals surface area (Å²) in [6.07, 6.45) is 6.83. The van der Waals surface area contributed by atoms with Crippen molar-refractivity contribution >= 4 is 22.2 Å². The summed E-state index contributed by atoms with van der Waals surface area (Å²) in [6.45, 7) is 4.33. The highest BCUT2D eigenvalue weighted by Crippen LogP contribution is 2.40. The molecule has 2 aliphatic rings. The van der Waals surface area contributed by atoms with Crippen molar-refractivity contribution in [3.63, 3.8) is 0 Å². The van der Waals surface area contributed by atoms with E-state index in [4.69, 9.17) is 4.99 Å². The van der Waals surface area contributed by atoms with Gasteiger partial charge in [-0.1, -0.05) is 67.1 Å². The first-order valence-corrected chi connectivity index (χ1v) is 9.91. The molecule has 130 valence electrons. The predicted octanol–water partition coefficient (Wildman–Crippen LogP) is 6.67. The Morgan fingerprint density at radius 1 is 0.923 bits per heavy atom. The van der Waals surface area contributed by atoms with E-state index in [-0.39, 0.29) is 0 Å². The Balaban J connectivity index is 1.63. The van der Waals surface area contributed by atoms with Crippen LogP contribution in [0.4, 0.5) is 5.69 Å². The van der Waals surface area contributed by atoms with E-state index in [2.05, 4.69) is 62.4 Å². The zero-order chi connectivity index (χ0) is 17.7. The summed E-state index contributed by atoms with van der Waals surface area (Å²) in [6, 6.07) is 18.1. The zero-order valence-corrected chi connectivity index (χ0v) is 15.7. The smallest absolute Gasteiger partial charge is 0.0789 e. The van der Waals surface area contributed by atoms with Crippen molar-refractivity contribution in [2.24, 2.45) is 10.9 Å². The Labute approximate surface area is 155 Å². The van der Waals surface area contributed by atoms with E-state index in [1.807, 2.05) is 0 Å². The molecule has 1 aliphatic carbocycles. The molecule has 0 atom stereocenters. The number of benzene rings is 3. The van der Waals surface area contributed by atoms with Crippen molar-refractivity contribution in [1.29, 1.82) is 0 Å². The van der Waals surface area contributed by atoms with Crippen LogP contribution in [0.2, 0.25) is 0 Å². The summed E-state index contributed by atoms with van der Waals surface area (Å²) in [5.74, 6) is 0.869. The largest absolute Gasteiger partial charge is 0.247 e. The molecular formula is C25H25N. The molecule has 1 saturated carbocycles. The van der Waals surface area contributed by atoms with Gasteiger partial charge in [-0.3, -0.25) is 0 Å². The summed E-state index contributed by atoms with van der Waals surface area (Å²) in [7, 11) is 0. The van der Waals surface area contributed by atoms with Crippen LogP contribution in [-0.2, 0) is 6.42 Å². The molecule has 3 aromatic carbocycles. The Hall–Kier alpha value is -2.41. The van der Waals surface area contributed by atoms with Gasteiger partial charge in [0.05, 0.1) is 11.4 Å². The van der Waals surface area contributed by atoms with Crippen LogP contribution in [0.25, 0.3) is 10.8 Å². The third kappa shape index (κ3) is 2.58.